The Morgan fingerprint density at radius 3 is 2.71 bits per heavy atom. The maximum atomic E-state index is 9.19. The third kappa shape index (κ3) is 4.43. The monoisotopic (exact) mass is 437 g/mol. The maximum Gasteiger partial charge on any atom is 0.134 e. The molecule has 2 N–H and O–H groups in total. The van der Waals surface area contributed by atoms with Crippen LogP contribution in [0.3, 0.4) is 0 Å². The van der Waals surface area contributed by atoms with E-state index in [1.165, 1.54) is 11.1 Å². The molecule has 2 aliphatic rings. The SMILES string of the molecule is Cc1ncnc2c1C(C)(C)Cc1c-2ccc(OC2CCC(N)CC2)c1SN(C)CC#N. The van der Waals surface area contributed by atoms with Gasteiger partial charge in [0.1, 0.15) is 12.1 Å². The van der Waals surface area contributed by atoms with E-state index in [0.29, 0.717) is 12.6 Å². The van der Waals surface area contributed by atoms with Crippen molar-refractivity contribution in [2.24, 2.45) is 5.73 Å². The van der Waals surface area contributed by atoms with Crippen LogP contribution in [0, 0.1) is 18.3 Å². The average Bonchev–Trinajstić information content (AvgIpc) is 2.71. The highest BCUT2D eigenvalue weighted by Crippen LogP contribution is 2.49. The molecule has 0 amide bonds. The molecule has 164 valence electrons. The van der Waals surface area contributed by atoms with Crippen LogP contribution in [0.5, 0.6) is 5.75 Å². The first-order valence-electron chi connectivity index (χ1n) is 11.0. The lowest BCUT2D eigenvalue weighted by molar-refractivity contribution is 0.143. The molecule has 0 aliphatic heterocycles. The van der Waals surface area contributed by atoms with Gasteiger partial charge in [-0.25, -0.2) is 14.3 Å². The van der Waals surface area contributed by atoms with E-state index in [0.717, 1.165) is 59.7 Å². The van der Waals surface area contributed by atoms with Crippen molar-refractivity contribution in [2.75, 3.05) is 13.6 Å². The molecule has 1 saturated carbocycles. The van der Waals surface area contributed by atoms with Gasteiger partial charge < -0.3 is 10.5 Å². The summed E-state index contributed by atoms with van der Waals surface area (Å²) < 4.78 is 8.51. The van der Waals surface area contributed by atoms with Gasteiger partial charge in [0.15, 0.2) is 0 Å². The van der Waals surface area contributed by atoms with Crippen molar-refractivity contribution in [1.82, 2.24) is 14.3 Å². The van der Waals surface area contributed by atoms with E-state index in [1.54, 1.807) is 18.3 Å². The number of fused-ring (bicyclic) bond motifs is 3. The minimum atomic E-state index is -0.0903. The summed E-state index contributed by atoms with van der Waals surface area (Å²) in [5, 5.41) is 9.19. The molecule has 0 bridgehead atoms. The fraction of sp³-hybridized carbons (Fsp3) is 0.542. The Morgan fingerprint density at radius 1 is 1.26 bits per heavy atom. The summed E-state index contributed by atoms with van der Waals surface area (Å²) in [6.07, 6.45) is 6.69. The standard InChI is InChI=1S/C24H31N5OS/c1-15-21-22(28-14-27-15)18-9-10-20(30-17-7-5-16(26)6-8-17)23(31-29(4)12-11-25)19(18)13-24(21,2)3/h9-10,14,16-17H,5-8,12-13,26H2,1-4H3. The highest BCUT2D eigenvalue weighted by Gasteiger charge is 2.36. The maximum absolute atomic E-state index is 9.19. The largest absolute Gasteiger partial charge is 0.489 e. The van der Waals surface area contributed by atoms with Gasteiger partial charge >= 0.3 is 0 Å². The van der Waals surface area contributed by atoms with Gasteiger partial charge in [0, 0.05) is 22.9 Å². The van der Waals surface area contributed by atoms with Crippen molar-refractivity contribution >= 4 is 11.9 Å². The topological polar surface area (TPSA) is 88.1 Å². The molecule has 0 spiro atoms. The van der Waals surface area contributed by atoms with Crippen LogP contribution in [0.15, 0.2) is 23.4 Å². The Kier molecular flexibility index (Phi) is 6.25. The van der Waals surface area contributed by atoms with Crippen LogP contribution in [0.1, 0.15) is 56.4 Å². The van der Waals surface area contributed by atoms with Crippen LogP contribution in [-0.2, 0) is 11.8 Å². The van der Waals surface area contributed by atoms with Gasteiger partial charge in [-0.05, 0) is 81.1 Å². The molecule has 1 aromatic heterocycles. The van der Waals surface area contributed by atoms with Crippen LogP contribution >= 0.6 is 11.9 Å². The summed E-state index contributed by atoms with van der Waals surface area (Å²) in [7, 11) is 1.95. The molecule has 6 nitrogen and oxygen atoms in total. The van der Waals surface area contributed by atoms with Crippen molar-refractivity contribution < 1.29 is 4.74 Å². The summed E-state index contributed by atoms with van der Waals surface area (Å²) in [5.41, 5.74) is 11.7. The average molecular weight is 438 g/mol. The zero-order valence-corrected chi connectivity index (χ0v) is 19.6. The first-order valence-corrected chi connectivity index (χ1v) is 11.7. The van der Waals surface area contributed by atoms with Gasteiger partial charge in [-0.3, -0.25) is 0 Å². The molecule has 0 radical (unpaired) electrons. The number of benzene rings is 1. The predicted molar refractivity (Wildman–Crippen MR) is 124 cm³/mol. The molecule has 2 aliphatic carbocycles. The third-order valence-corrected chi connectivity index (χ3v) is 7.44. The first kappa shape index (κ1) is 22.1. The molecule has 2 aromatic rings. The van der Waals surface area contributed by atoms with Crippen LogP contribution in [0.25, 0.3) is 11.3 Å². The molecule has 4 rings (SSSR count). The smallest absolute Gasteiger partial charge is 0.134 e. The van der Waals surface area contributed by atoms with Gasteiger partial charge in [-0.15, -0.1) is 0 Å². The summed E-state index contributed by atoms with van der Waals surface area (Å²) in [6.45, 7) is 6.92. The molecular weight excluding hydrogens is 406 g/mol. The Labute approximate surface area is 189 Å². The van der Waals surface area contributed by atoms with Crippen LogP contribution < -0.4 is 10.5 Å². The third-order valence-electron chi connectivity index (χ3n) is 6.36. The fourth-order valence-electron chi connectivity index (χ4n) is 4.89. The number of rotatable bonds is 5. The van der Waals surface area contributed by atoms with E-state index < -0.39 is 0 Å². The molecule has 1 fully saturated rings. The van der Waals surface area contributed by atoms with Gasteiger partial charge in [-0.2, -0.15) is 5.26 Å². The second-order valence-corrected chi connectivity index (χ2v) is 10.6. The van der Waals surface area contributed by atoms with E-state index in [4.69, 9.17) is 10.5 Å². The van der Waals surface area contributed by atoms with E-state index >= 15 is 0 Å². The van der Waals surface area contributed by atoms with Crippen molar-refractivity contribution in [3.05, 3.63) is 35.3 Å². The molecule has 0 unspecified atom stereocenters. The summed E-state index contributed by atoms with van der Waals surface area (Å²) >= 11 is 1.60. The fourth-order valence-corrected chi connectivity index (χ4v) is 5.82. The lowest BCUT2D eigenvalue weighted by Gasteiger charge is -2.36. The number of nitriles is 1. The number of ether oxygens (including phenoxy) is 1. The van der Waals surface area contributed by atoms with Crippen molar-refractivity contribution in [3.8, 4) is 23.1 Å². The molecule has 0 saturated heterocycles. The Hall–Kier alpha value is -2.14. The van der Waals surface area contributed by atoms with Crippen LogP contribution in [0.4, 0.5) is 0 Å². The number of hydrogen-bond acceptors (Lipinski definition) is 7. The summed E-state index contributed by atoms with van der Waals surface area (Å²) in [5.74, 6) is 0.902. The molecular formula is C24H31N5OS. The molecule has 1 aromatic carbocycles. The predicted octanol–water partition coefficient (Wildman–Crippen LogP) is 4.40. The molecule has 0 atom stereocenters. The lowest BCUT2D eigenvalue weighted by Crippen LogP contribution is -2.32. The Balaban J connectivity index is 1.79. The quantitative estimate of drug-likeness (QED) is 0.548. The summed E-state index contributed by atoms with van der Waals surface area (Å²) in [4.78, 5) is 10.2. The second kappa shape index (κ2) is 8.78. The van der Waals surface area contributed by atoms with Gasteiger partial charge in [0.2, 0.25) is 0 Å². The molecule has 31 heavy (non-hydrogen) atoms. The van der Waals surface area contributed by atoms with Crippen LogP contribution in [0.2, 0.25) is 0 Å². The molecule has 1 heterocycles. The number of aryl methyl sites for hydroxylation is 1. The Morgan fingerprint density at radius 2 is 2.00 bits per heavy atom. The van der Waals surface area contributed by atoms with E-state index in [1.807, 2.05) is 11.4 Å². The second-order valence-electron chi connectivity index (χ2n) is 9.35. The number of nitrogens with two attached hydrogens (primary N) is 1. The minimum absolute atomic E-state index is 0.0903. The normalized spacial score (nSPS) is 21.8. The van der Waals surface area contributed by atoms with E-state index in [-0.39, 0.29) is 11.5 Å². The van der Waals surface area contributed by atoms with Gasteiger partial charge in [0.25, 0.3) is 0 Å². The van der Waals surface area contributed by atoms with Crippen molar-refractivity contribution in [3.63, 3.8) is 0 Å². The van der Waals surface area contributed by atoms with Gasteiger partial charge in [-0.1, -0.05) is 13.8 Å². The first-order chi connectivity index (χ1) is 14.8. The number of hydrogen-bond donors (Lipinski definition) is 1. The number of nitrogens with zero attached hydrogens (tertiary/aromatic N) is 4. The minimum Gasteiger partial charge on any atom is -0.489 e. The van der Waals surface area contributed by atoms with E-state index in [9.17, 15) is 5.26 Å². The van der Waals surface area contributed by atoms with Crippen molar-refractivity contribution in [1.29, 1.82) is 5.26 Å². The zero-order valence-electron chi connectivity index (χ0n) is 18.8. The number of aromatic nitrogens is 2. The van der Waals surface area contributed by atoms with Gasteiger partial charge in [0.05, 0.1) is 29.3 Å². The Bertz CT molecular complexity index is 1010. The van der Waals surface area contributed by atoms with Crippen LogP contribution in [-0.4, -0.2) is 40.0 Å². The zero-order chi connectivity index (χ0) is 22.2. The van der Waals surface area contributed by atoms with E-state index in [2.05, 4.69) is 48.9 Å². The highest BCUT2D eigenvalue weighted by molar-refractivity contribution is 7.97. The summed E-state index contributed by atoms with van der Waals surface area (Å²) in [6, 6.07) is 6.76. The molecule has 7 heteroatoms. The van der Waals surface area contributed by atoms with Crippen molar-refractivity contribution in [2.45, 2.75) is 75.3 Å². The lowest BCUT2D eigenvalue weighted by atomic mass is 9.71. The highest BCUT2D eigenvalue weighted by atomic mass is 32.2.